The van der Waals surface area contributed by atoms with Crippen molar-refractivity contribution in [3.8, 4) is 0 Å². The lowest BCUT2D eigenvalue weighted by molar-refractivity contribution is 0.0376. The Hall–Kier alpha value is -2.56. The molecule has 0 unspecified atom stereocenters. The minimum atomic E-state index is -0.405. The van der Waals surface area contributed by atoms with Crippen LogP contribution in [0.1, 0.15) is 63.5 Å². The van der Waals surface area contributed by atoms with Crippen molar-refractivity contribution >= 4 is 17.6 Å². The molecular formula is C20H24N2O3. The molecule has 132 valence electrons. The molecule has 2 aromatic rings. The molecule has 5 nitrogen and oxygen atoms in total. The van der Waals surface area contributed by atoms with Gasteiger partial charge in [-0.25, -0.2) is 4.79 Å². The number of carbonyl (C=O) groups excluding carboxylic acids is 2. The van der Waals surface area contributed by atoms with Gasteiger partial charge in [-0.1, -0.05) is 6.07 Å². The van der Waals surface area contributed by atoms with Crippen molar-refractivity contribution in [1.82, 2.24) is 4.98 Å². The van der Waals surface area contributed by atoms with Crippen LogP contribution in [0, 0.1) is 13.8 Å². The van der Waals surface area contributed by atoms with Crippen molar-refractivity contribution in [1.29, 1.82) is 0 Å². The number of hydrogen-bond acceptors (Lipinski definition) is 3. The first-order valence-electron chi connectivity index (χ1n) is 8.70. The molecule has 1 heterocycles. The van der Waals surface area contributed by atoms with Crippen LogP contribution in [0.15, 0.2) is 18.2 Å². The fraction of sp³-hybridized carbons (Fsp3) is 0.400. The van der Waals surface area contributed by atoms with E-state index in [2.05, 4.69) is 16.4 Å². The lowest BCUT2D eigenvalue weighted by Gasteiger charge is -2.09. The summed E-state index contributed by atoms with van der Waals surface area (Å²) in [4.78, 5) is 27.9. The number of benzene rings is 1. The Kier molecular flexibility index (Phi) is 4.66. The van der Waals surface area contributed by atoms with Crippen LogP contribution in [-0.4, -0.2) is 23.0 Å². The number of aryl methyl sites for hydroxylation is 3. The van der Waals surface area contributed by atoms with Crippen LogP contribution in [-0.2, 0) is 17.6 Å². The maximum atomic E-state index is 12.7. The number of aromatic amines is 1. The molecule has 1 amide bonds. The number of esters is 1. The molecule has 1 aliphatic rings. The van der Waals surface area contributed by atoms with Crippen molar-refractivity contribution < 1.29 is 14.3 Å². The summed E-state index contributed by atoms with van der Waals surface area (Å²) in [6, 6.07) is 6.05. The van der Waals surface area contributed by atoms with Gasteiger partial charge in [-0.2, -0.15) is 0 Å². The number of H-pyrrole nitrogens is 1. The zero-order valence-corrected chi connectivity index (χ0v) is 15.2. The third kappa shape index (κ3) is 3.45. The van der Waals surface area contributed by atoms with Gasteiger partial charge in [0, 0.05) is 11.4 Å². The van der Waals surface area contributed by atoms with Crippen LogP contribution in [0.4, 0.5) is 5.69 Å². The predicted molar refractivity (Wildman–Crippen MR) is 97.2 cm³/mol. The van der Waals surface area contributed by atoms with Gasteiger partial charge < -0.3 is 15.0 Å². The molecule has 1 aromatic carbocycles. The normalized spacial score (nSPS) is 13.0. The van der Waals surface area contributed by atoms with E-state index in [0.29, 0.717) is 22.5 Å². The first kappa shape index (κ1) is 17.3. The zero-order valence-electron chi connectivity index (χ0n) is 15.2. The molecule has 0 saturated heterocycles. The molecular weight excluding hydrogens is 316 g/mol. The van der Waals surface area contributed by atoms with Gasteiger partial charge in [0.15, 0.2) is 0 Å². The van der Waals surface area contributed by atoms with E-state index >= 15 is 0 Å². The average Bonchev–Trinajstić information content (AvgIpc) is 3.10. The first-order valence-corrected chi connectivity index (χ1v) is 8.70. The Balaban J connectivity index is 1.82. The fourth-order valence-electron chi connectivity index (χ4n) is 3.40. The standard InChI is InChI=1S/C20H24N2O3/c1-11(2)25-20(24)17-12(3)18(21-13(17)4)19(23)22-16-9-8-14-6-5-7-15(14)10-16/h8-11,21H,5-7H2,1-4H3,(H,22,23). The number of ether oxygens (including phenoxy) is 1. The van der Waals surface area contributed by atoms with Gasteiger partial charge in [0.2, 0.25) is 0 Å². The quantitative estimate of drug-likeness (QED) is 0.828. The molecule has 0 fully saturated rings. The molecule has 0 aliphatic heterocycles. The Morgan fingerprint density at radius 3 is 2.60 bits per heavy atom. The number of carbonyl (C=O) groups is 2. The lowest BCUT2D eigenvalue weighted by Crippen LogP contribution is -2.15. The molecule has 2 N–H and O–H groups in total. The highest BCUT2D eigenvalue weighted by Gasteiger charge is 2.24. The van der Waals surface area contributed by atoms with Gasteiger partial charge in [0.05, 0.1) is 11.7 Å². The minimum Gasteiger partial charge on any atom is -0.459 e. The third-order valence-corrected chi connectivity index (χ3v) is 4.57. The Morgan fingerprint density at radius 2 is 1.88 bits per heavy atom. The number of rotatable bonds is 4. The number of nitrogens with one attached hydrogen (secondary N) is 2. The second-order valence-corrected chi connectivity index (χ2v) is 6.87. The van der Waals surface area contributed by atoms with E-state index in [9.17, 15) is 9.59 Å². The van der Waals surface area contributed by atoms with Crippen molar-refractivity contribution in [3.63, 3.8) is 0 Å². The number of aromatic nitrogens is 1. The summed E-state index contributed by atoms with van der Waals surface area (Å²) < 4.78 is 5.27. The molecule has 0 saturated carbocycles. The van der Waals surface area contributed by atoms with E-state index < -0.39 is 5.97 Å². The molecule has 0 radical (unpaired) electrons. The molecule has 5 heteroatoms. The smallest absolute Gasteiger partial charge is 0.340 e. The average molecular weight is 340 g/mol. The topological polar surface area (TPSA) is 71.2 Å². The van der Waals surface area contributed by atoms with E-state index in [4.69, 9.17) is 4.74 Å². The monoisotopic (exact) mass is 340 g/mol. The summed E-state index contributed by atoms with van der Waals surface area (Å²) in [6.07, 6.45) is 3.14. The Labute approximate surface area is 147 Å². The summed E-state index contributed by atoms with van der Waals surface area (Å²) in [7, 11) is 0. The van der Waals surface area contributed by atoms with Crippen molar-refractivity contribution in [2.45, 2.75) is 53.1 Å². The molecule has 0 spiro atoms. The SMILES string of the molecule is Cc1[nH]c(C(=O)Nc2ccc3c(c2)CCC3)c(C)c1C(=O)OC(C)C. The fourth-order valence-corrected chi connectivity index (χ4v) is 3.40. The van der Waals surface area contributed by atoms with Crippen molar-refractivity contribution in [2.24, 2.45) is 0 Å². The molecule has 0 bridgehead atoms. The molecule has 25 heavy (non-hydrogen) atoms. The van der Waals surface area contributed by atoms with E-state index in [1.54, 1.807) is 27.7 Å². The van der Waals surface area contributed by atoms with Gasteiger partial charge >= 0.3 is 5.97 Å². The second-order valence-electron chi connectivity index (χ2n) is 6.87. The summed E-state index contributed by atoms with van der Waals surface area (Å²) in [5.74, 6) is -0.653. The second kappa shape index (κ2) is 6.75. The summed E-state index contributed by atoms with van der Waals surface area (Å²) in [6.45, 7) is 7.14. The van der Waals surface area contributed by atoms with E-state index in [1.165, 1.54) is 17.5 Å². The lowest BCUT2D eigenvalue weighted by atomic mass is 10.1. The first-order chi connectivity index (χ1) is 11.9. The van der Waals surface area contributed by atoms with Gasteiger partial charge in [0.1, 0.15) is 5.69 Å². The van der Waals surface area contributed by atoms with Crippen LogP contribution < -0.4 is 5.32 Å². The van der Waals surface area contributed by atoms with Crippen molar-refractivity contribution in [2.75, 3.05) is 5.32 Å². The number of fused-ring (bicyclic) bond motifs is 1. The van der Waals surface area contributed by atoms with E-state index in [-0.39, 0.29) is 12.0 Å². The maximum absolute atomic E-state index is 12.7. The number of hydrogen-bond donors (Lipinski definition) is 2. The van der Waals surface area contributed by atoms with E-state index in [0.717, 1.165) is 18.5 Å². The largest absolute Gasteiger partial charge is 0.459 e. The van der Waals surface area contributed by atoms with Crippen LogP contribution >= 0.6 is 0 Å². The van der Waals surface area contributed by atoms with Gasteiger partial charge in [-0.15, -0.1) is 0 Å². The predicted octanol–water partition coefficient (Wildman–Crippen LogP) is 3.94. The highest BCUT2D eigenvalue weighted by Crippen LogP contribution is 2.26. The Bertz CT molecular complexity index is 834. The summed E-state index contributed by atoms with van der Waals surface area (Å²) >= 11 is 0. The van der Waals surface area contributed by atoms with Gasteiger partial charge in [-0.05, 0) is 75.8 Å². The molecule has 1 aliphatic carbocycles. The van der Waals surface area contributed by atoms with Crippen LogP contribution in [0.3, 0.4) is 0 Å². The maximum Gasteiger partial charge on any atom is 0.340 e. The minimum absolute atomic E-state index is 0.204. The highest BCUT2D eigenvalue weighted by atomic mass is 16.5. The Morgan fingerprint density at radius 1 is 1.16 bits per heavy atom. The van der Waals surface area contributed by atoms with Gasteiger partial charge in [-0.3, -0.25) is 4.79 Å². The molecule has 3 rings (SSSR count). The molecule has 0 atom stereocenters. The van der Waals surface area contributed by atoms with Crippen LogP contribution in [0.25, 0.3) is 0 Å². The third-order valence-electron chi connectivity index (χ3n) is 4.57. The number of anilines is 1. The summed E-state index contributed by atoms with van der Waals surface area (Å²) in [5, 5.41) is 2.93. The molecule has 1 aromatic heterocycles. The van der Waals surface area contributed by atoms with E-state index in [1.807, 2.05) is 12.1 Å². The van der Waals surface area contributed by atoms with Crippen molar-refractivity contribution in [3.05, 3.63) is 51.8 Å². The highest BCUT2D eigenvalue weighted by molar-refractivity contribution is 6.06. The van der Waals surface area contributed by atoms with Gasteiger partial charge in [0.25, 0.3) is 5.91 Å². The van der Waals surface area contributed by atoms with Crippen LogP contribution in [0.2, 0.25) is 0 Å². The zero-order chi connectivity index (χ0) is 18.1. The number of amides is 1. The summed E-state index contributed by atoms with van der Waals surface area (Å²) in [5.41, 5.74) is 5.54. The van der Waals surface area contributed by atoms with Crippen LogP contribution in [0.5, 0.6) is 0 Å².